The largest absolute Gasteiger partial charge is 0.388 e. The molecular weight excluding hydrogens is 513 g/mol. The van der Waals surface area contributed by atoms with Crippen LogP contribution in [0.25, 0.3) is 0 Å². The molecule has 0 aromatic carbocycles. The van der Waals surface area contributed by atoms with Crippen molar-refractivity contribution in [2.75, 3.05) is 7.05 Å². The maximum absolute atomic E-state index is 12.7. The highest BCUT2D eigenvalue weighted by Gasteiger charge is 2.14. The summed E-state index contributed by atoms with van der Waals surface area (Å²) in [6.07, 6.45) is 12.6. The number of aromatic nitrogens is 1. The van der Waals surface area contributed by atoms with E-state index < -0.39 is 6.67 Å². The number of nitrogens with one attached hydrogen (secondary N) is 1. The molecule has 0 aliphatic carbocycles. The standard InChI is InChI=1S/C18H25FN6.C9H11N.2C3H8/c1-6-21-15(4)18(25(5)24-12-20)13(2)14(3)23-11-16-7-8-22-17(9-16)10-19;1-4-5-6-8(2)9(3)7-10;2*1-3-2/h6-9,12,23H,2-3,10-11H2,1,4-5H3,(H2,20,24);4-6H,3H2,1-2H3;2*3H2,1-2H3/b18-15+,21-6?;5-4+,8-6+;;. The summed E-state index contributed by atoms with van der Waals surface area (Å²) in [6.45, 7) is 27.5. The Morgan fingerprint density at radius 1 is 1.17 bits per heavy atom. The number of rotatable bonds is 11. The Labute approximate surface area is 249 Å². The van der Waals surface area contributed by atoms with Crippen molar-refractivity contribution in [2.45, 2.75) is 81.5 Å². The summed E-state index contributed by atoms with van der Waals surface area (Å²) in [5, 5.41) is 17.2. The van der Waals surface area contributed by atoms with E-state index in [0.717, 1.165) is 16.8 Å². The normalized spacial score (nSPS) is 11.2. The molecule has 0 saturated carbocycles. The molecule has 0 saturated heterocycles. The van der Waals surface area contributed by atoms with Crippen LogP contribution in [0.15, 0.2) is 100 Å². The fourth-order valence-corrected chi connectivity index (χ4v) is 2.66. The summed E-state index contributed by atoms with van der Waals surface area (Å²) < 4.78 is 12.7. The SMILES string of the molecule is C=C(C#N)/C(C)=C/C=C/C.C=C(NCc1ccnc(CF)c1)C(=C)/C(=C(/C)N=CC)N(C)/N=C/N.CCC.CCC. The quantitative estimate of drug-likeness (QED) is 0.0924. The third kappa shape index (κ3) is 20.3. The number of nitrogens with two attached hydrogens (primary N) is 1. The number of halogens is 1. The third-order valence-electron chi connectivity index (χ3n) is 4.55. The lowest BCUT2D eigenvalue weighted by Crippen LogP contribution is -2.21. The molecule has 0 aliphatic rings. The van der Waals surface area contributed by atoms with E-state index in [0.29, 0.717) is 34.8 Å². The number of hydrogen-bond donors (Lipinski definition) is 2. The second-order valence-electron chi connectivity index (χ2n) is 8.59. The van der Waals surface area contributed by atoms with Gasteiger partial charge in [0, 0.05) is 42.8 Å². The van der Waals surface area contributed by atoms with Gasteiger partial charge in [-0.2, -0.15) is 10.4 Å². The number of hydrogen-bond acceptors (Lipinski definition) is 6. The molecule has 8 heteroatoms. The molecule has 1 aromatic rings. The van der Waals surface area contributed by atoms with E-state index in [-0.39, 0.29) is 0 Å². The van der Waals surface area contributed by atoms with Gasteiger partial charge in [-0.05, 0) is 51.0 Å². The summed E-state index contributed by atoms with van der Waals surface area (Å²) in [4.78, 5) is 8.23. The first-order chi connectivity index (χ1) is 19.5. The van der Waals surface area contributed by atoms with Crippen molar-refractivity contribution >= 4 is 12.6 Å². The number of nitrogens with zero attached hydrogens (tertiary/aromatic N) is 5. The summed E-state index contributed by atoms with van der Waals surface area (Å²) in [7, 11) is 1.75. The van der Waals surface area contributed by atoms with Gasteiger partial charge in [-0.3, -0.25) is 15.0 Å². The van der Waals surface area contributed by atoms with Gasteiger partial charge in [0.05, 0.1) is 23.2 Å². The van der Waals surface area contributed by atoms with Crippen LogP contribution in [0.2, 0.25) is 0 Å². The lowest BCUT2D eigenvalue weighted by molar-refractivity contribution is 0.450. The van der Waals surface area contributed by atoms with Gasteiger partial charge in [0.25, 0.3) is 0 Å². The highest BCUT2D eigenvalue weighted by molar-refractivity contribution is 5.57. The predicted octanol–water partition coefficient (Wildman–Crippen LogP) is 8.29. The van der Waals surface area contributed by atoms with Crippen LogP contribution >= 0.6 is 0 Å². The van der Waals surface area contributed by atoms with Gasteiger partial charge < -0.3 is 11.1 Å². The lowest BCUT2D eigenvalue weighted by Gasteiger charge is -2.22. The molecule has 0 atom stereocenters. The van der Waals surface area contributed by atoms with E-state index in [2.05, 4.69) is 67.8 Å². The molecule has 0 radical (unpaired) electrons. The van der Waals surface area contributed by atoms with Crippen molar-refractivity contribution < 1.29 is 4.39 Å². The van der Waals surface area contributed by atoms with Crippen molar-refractivity contribution in [2.24, 2.45) is 15.8 Å². The van der Waals surface area contributed by atoms with Crippen LogP contribution in [0.4, 0.5) is 4.39 Å². The first kappa shape index (κ1) is 41.2. The topological polar surface area (TPSA) is 103 Å². The van der Waals surface area contributed by atoms with E-state index >= 15 is 0 Å². The molecule has 0 unspecified atom stereocenters. The molecule has 41 heavy (non-hydrogen) atoms. The Bertz CT molecular complexity index is 1100. The molecule has 0 spiro atoms. The molecule has 0 fully saturated rings. The molecule has 1 rings (SSSR count). The van der Waals surface area contributed by atoms with Crippen LogP contribution in [0, 0.1) is 11.3 Å². The molecule has 7 nitrogen and oxygen atoms in total. The highest BCUT2D eigenvalue weighted by atomic mass is 19.1. The van der Waals surface area contributed by atoms with E-state index in [1.807, 2.05) is 58.1 Å². The summed E-state index contributed by atoms with van der Waals surface area (Å²) in [5.41, 5.74) is 10.8. The molecule has 0 amide bonds. The van der Waals surface area contributed by atoms with E-state index in [1.165, 1.54) is 19.2 Å². The van der Waals surface area contributed by atoms with Gasteiger partial charge in [0.2, 0.25) is 0 Å². The molecule has 0 aliphatic heterocycles. The Morgan fingerprint density at radius 2 is 1.76 bits per heavy atom. The predicted molar refractivity (Wildman–Crippen MR) is 177 cm³/mol. The Morgan fingerprint density at radius 3 is 2.22 bits per heavy atom. The van der Waals surface area contributed by atoms with Gasteiger partial charge in [0.1, 0.15) is 13.0 Å². The third-order valence-corrected chi connectivity index (χ3v) is 4.55. The number of allylic oxidation sites excluding steroid dienone is 6. The average Bonchev–Trinajstić information content (AvgIpc) is 2.95. The van der Waals surface area contributed by atoms with Crippen molar-refractivity contribution in [3.05, 3.63) is 101 Å². The second-order valence-corrected chi connectivity index (χ2v) is 8.59. The summed E-state index contributed by atoms with van der Waals surface area (Å²) in [6, 6.07) is 5.50. The fraction of sp³-hybridized carbons (Fsp3) is 0.394. The second kappa shape index (κ2) is 27.3. The smallest absolute Gasteiger partial charge is 0.131 e. The van der Waals surface area contributed by atoms with Crippen LogP contribution in [-0.2, 0) is 13.2 Å². The summed E-state index contributed by atoms with van der Waals surface area (Å²) >= 11 is 0. The van der Waals surface area contributed by atoms with E-state index in [4.69, 9.17) is 11.0 Å². The van der Waals surface area contributed by atoms with Gasteiger partial charge in [-0.1, -0.05) is 78.5 Å². The number of hydrazone groups is 1. The zero-order valence-electron chi connectivity index (χ0n) is 26.8. The molecule has 0 bridgehead atoms. The van der Waals surface area contributed by atoms with Crippen LogP contribution in [0.3, 0.4) is 0 Å². The minimum absolute atomic E-state index is 0.398. The zero-order valence-corrected chi connectivity index (χ0v) is 26.8. The first-order valence-corrected chi connectivity index (χ1v) is 13.7. The zero-order chi connectivity index (χ0) is 32.2. The Hall–Kier alpha value is -4.25. The molecule has 1 aromatic heterocycles. The van der Waals surface area contributed by atoms with Gasteiger partial charge in [0.15, 0.2) is 0 Å². The Balaban J connectivity index is -0.000000744. The minimum Gasteiger partial charge on any atom is -0.388 e. The van der Waals surface area contributed by atoms with Gasteiger partial charge in [-0.25, -0.2) is 4.39 Å². The maximum atomic E-state index is 12.7. The molecule has 1 heterocycles. The van der Waals surface area contributed by atoms with Gasteiger partial charge in [-0.15, -0.1) is 0 Å². The first-order valence-electron chi connectivity index (χ1n) is 13.7. The number of nitriles is 1. The van der Waals surface area contributed by atoms with Crippen molar-refractivity contribution in [1.82, 2.24) is 15.3 Å². The van der Waals surface area contributed by atoms with E-state index in [1.54, 1.807) is 30.5 Å². The maximum Gasteiger partial charge on any atom is 0.131 e. The van der Waals surface area contributed by atoms with Crippen molar-refractivity contribution in [3.63, 3.8) is 0 Å². The number of alkyl halides is 1. The van der Waals surface area contributed by atoms with Crippen LogP contribution in [-0.4, -0.2) is 29.6 Å². The van der Waals surface area contributed by atoms with Crippen LogP contribution in [0.1, 0.15) is 79.5 Å². The number of pyridine rings is 1. The number of aliphatic imine (C=N–C) groups is 1. The van der Waals surface area contributed by atoms with Crippen LogP contribution in [0.5, 0.6) is 0 Å². The minimum atomic E-state index is -0.593. The lowest BCUT2D eigenvalue weighted by atomic mass is 10.1. The van der Waals surface area contributed by atoms with Crippen molar-refractivity contribution in [3.8, 4) is 6.07 Å². The Kier molecular flexibility index (Phi) is 27.5. The van der Waals surface area contributed by atoms with Gasteiger partial charge >= 0.3 is 0 Å². The highest BCUT2D eigenvalue weighted by Crippen LogP contribution is 2.22. The number of likely N-dealkylation sites (N-methyl/N-ethyl adjacent to an activating group) is 1. The molecule has 3 N–H and O–H groups in total. The van der Waals surface area contributed by atoms with Crippen molar-refractivity contribution in [1.29, 1.82) is 5.26 Å². The molecular formula is C33H52FN7. The van der Waals surface area contributed by atoms with Crippen LogP contribution < -0.4 is 11.1 Å². The van der Waals surface area contributed by atoms with E-state index in [9.17, 15) is 4.39 Å². The summed E-state index contributed by atoms with van der Waals surface area (Å²) in [5.74, 6) is 0. The monoisotopic (exact) mass is 565 g/mol. The average molecular weight is 566 g/mol. The molecule has 226 valence electrons. The fourth-order valence-electron chi connectivity index (χ4n) is 2.66.